The quantitative estimate of drug-likeness (QED) is 0.797. The third kappa shape index (κ3) is 2.33. The first-order valence-corrected chi connectivity index (χ1v) is 7.77. The zero-order valence-corrected chi connectivity index (χ0v) is 13.7. The lowest BCUT2D eigenvalue weighted by molar-refractivity contribution is 0.219. The second-order valence-corrected chi connectivity index (χ2v) is 7.01. The van der Waals surface area contributed by atoms with Crippen LogP contribution in [-0.2, 0) is 5.41 Å². The van der Waals surface area contributed by atoms with Crippen LogP contribution in [0.2, 0.25) is 0 Å². The number of benzene rings is 2. The molecule has 0 saturated carbocycles. The van der Waals surface area contributed by atoms with Gasteiger partial charge in [-0.2, -0.15) is 0 Å². The van der Waals surface area contributed by atoms with Crippen LogP contribution >= 0.6 is 22.6 Å². The summed E-state index contributed by atoms with van der Waals surface area (Å²) < 4.78 is 6.77. The molecule has 1 aliphatic heterocycles. The lowest BCUT2D eigenvalue weighted by atomic mass is 9.85. The Bertz CT molecular complexity index is 649. The average Bonchev–Trinajstić information content (AvgIpc) is 2.74. The van der Waals surface area contributed by atoms with Crippen molar-refractivity contribution >= 4 is 22.6 Å². The molecule has 1 heterocycles. The summed E-state index contributed by atoms with van der Waals surface area (Å²) in [5.41, 5.74) is 3.06. The fourth-order valence-corrected chi connectivity index (χ4v) is 3.27. The van der Waals surface area contributed by atoms with Gasteiger partial charge in [-0.3, -0.25) is 0 Å². The van der Waals surface area contributed by atoms with Crippen LogP contribution in [0.5, 0.6) is 5.75 Å². The topological polar surface area (TPSA) is 29.5 Å². The van der Waals surface area contributed by atoms with E-state index in [-0.39, 0.29) is 5.41 Å². The first-order chi connectivity index (χ1) is 9.49. The van der Waals surface area contributed by atoms with Gasteiger partial charge in [-0.15, -0.1) is 0 Å². The van der Waals surface area contributed by atoms with Gasteiger partial charge < -0.3 is 9.84 Å². The molecule has 2 aromatic carbocycles. The van der Waals surface area contributed by atoms with E-state index in [9.17, 15) is 5.11 Å². The van der Waals surface area contributed by atoms with Crippen LogP contribution in [0.4, 0.5) is 0 Å². The summed E-state index contributed by atoms with van der Waals surface area (Å²) in [5.74, 6) is 0.939. The van der Waals surface area contributed by atoms with Gasteiger partial charge in [0.15, 0.2) is 0 Å². The monoisotopic (exact) mass is 380 g/mol. The maximum Gasteiger partial charge on any atom is 0.123 e. The number of halogens is 1. The van der Waals surface area contributed by atoms with E-state index < -0.39 is 6.10 Å². The van der Waals surface area contributed by atoms with Crippen molar-refractivity contribution in [2.75, 3.05) is 6.61 Å². The van der Waals surface area contributed by atoms with Crippen molar-refractivity contribution in [2.45, 2.75) is 25.4 Å². The molecule has 0 radical (unpaired) electrons. The third-order valence-electron chi connectivity index (χ3n) is 3.84. The number of aliphatic hydroxyl groups excluding tert-OH is 1. The molecular weight excluding hydrogens is 363 g/mol. The molecule has 104 valence electrons. The molecule has 0 aromatic heterocycles. The van der Waals surface area contributed by atoms with E-state index in [0.29, 0.717) is 6.61 Å². The molecule has 1 unspecified atom stereocenters. The first kappa shape index (κ1) is 13.9. The summed E-state index contributed by atoms with van der Waals surface area (Å²) in [6.07, 6.45) is -0.593. The smallest absolute Gasteiger partial charge is 0.123 e. The second kappa shape index (κ2) is 5.04. The van der Waals surface area contributed by atoms with Crippen LogP contribution in [0.3, 0.4) is 0 Å². The van der Waals surface area contributed by atoms with E-state index in [1.165, 1.54) is 5.56 Å². The summed E-state index contributed by atoms with van der Waals surface area (Å²) in [6.45, 7) is 5.04. The van der Waals surface area contributed by atoms with Gasteiger partial charge in [0.05, 0.1) is 6.61 Å². The maximum atomic E-state index is 10.6. The third-order valence-corrected chi connectivity index (χ3v) is 4.82. The van der Waals surface area contributed by atoms with Crippen molar-refractivity contribution in [3.05, 3.63) is 62.7 Å². The highest BCUT2D eigenvalue weighted by molar-refractivity contribution is 14.1. The zero-order chi connectivity index (χ0) is 14.3. The highest BCUT2D eigenvalue weighted by Crippen LogP contribution is 2.40. The van der Waals surface area contributed by atoms with Crippen molar-refractivity contribution in [1.29, 1.82) is 0 Å². The largest absolute Gasteiger partial charge is 0.492 e. The Labute approximate surface area is 132 Å². The van der Waals surface area contributed by atoms with Crippen LogP contribution in [0, 0.1) is 3.57 Å². The van der Waals surface area contributed by atoms with Crippen LogP contribution in [0.1, 0.15) is 36.6 Å². The highest BCUT2D eigenvalue weighted by Gasteiger charge is 2.32. The fourth-order valence-electron chi connectivity index (χ4n) is 2.58. The Hall–Kier alpha value is -1.07. The predicted octanol–water partition coefficient (Wildman–Crippen LogP) is 4.04. The summed E-state index contributed by atoms with van der Waals surface area (Å²) >= 11 is 2.26. The molecule has 1 aliphatic rings. The van der Waals surface area contributed by atoms with Crippen LogP contribution in [0.25, 0.3) is 0 Å². The molecule has 3 rings (SSSR count). The van der Waals surface area contributed by atoms with Gasteiger partial charge in [0.2, 0.25) is 0 Å². The van der Waals surface area contributed by atoms with Gasteiger partial charge in [-0.05, 0) is 51.9 Å². The Morgan fingerprint density at radius 3 is 2.70 bits per heavy atom. The van der Waals surface area contributed by atoms with Gasteiger partial charge in [-0.1, -0.05) is 38.1 Å². The standard InChI is InChI=1S/C17H17IO2/c1-17(2)10-20-15-8-7-11(9-13(15)17)16(19)12-5-3-4-6-14(12)18/h3-9,16,19H,10H2,1-2H3. The molecule has 2 nitrogen and oxygen atoms in total. The van der Waals surface area contributed by atoms with Crippen molar-refractivity contribution < 1.29 is 9.84 Å². The molecule has 0 bridgehead atoms. The molecule has 0 amide bonds. The van der Waals surface area contributed by atoms with E-state index in [1.54, 1.807) is 0 Å². The number of ether oxygens (including phenoxy) is 1. The number of hydrogen-bond acceptors (Lipinski definition) is 2. The molecule has 1 atom stereocenters. The molecular formula is C17H17IO2. The maximum absolute atomic E-state index is 10.6. The summed E-state index contributed by atoms with van der Waals surface area (Å²) in [5, 5.41) is 10.6. The molecule has 20 heavy (non-hydrogen) atoms. The molecule has 0 spiro atoms. The van der Waals surface area contributed by atoms with E-state index in [1.807, 2.05) is 36.4 Å². The number of aliphatic hydroxyl groups is 1. The Morgan fingerprint density at radius 1 is 1.20 bits per heavy atom. The minimum absolute atomic E-state index is 0.00884. The summed E-state index contributed by atoms with van der Waals surface area (Å²) in [7, 11) is 0. The predicted molar refractivity (Wildman–Crippen MR) is 88.2 cm³/mol. The van der Waals surface area contributed by atoms with E-state index in [0.717, 1.165) is 20.4 Å². The average molecular weight is 380 g/mol. The molecule has 0 aliphatic carbocycles. The van der Waals surface area contributed by atoms with Gasteiger partial charge in [0.25, 0.3) is 0 Å². The molecule has 0 fully saturated rings. The number of fused-ring (bicyclic) bond motifs is 1. The normalized spacial score (nSPS) is 17.4. The van der Waals surface area contributed by atoms with E-state index in [4.69, 9.17) is 4.74 Å². The Balaban J connectivity index is 2.02. The Kier molecular flexibility index (Phi) is 3.50. The molecule has 0 saturated heterocycles. The zero-order valence-electron chi connectivity index (χ0n) is 11.6. The minimum Gasteiger partial charge on any atom is -0.492 e. The van der Waals surface area contributed by atoms with Gasteiger partial charge in [0, 0.05) is 14.5 Å². The van der Waals surface area contributed by atoms with Crippen molar-refractivity contribution in [2.24, 2.45) is 0 Å². The number of rotatable bonds is 2. The van der Waals surface area contributed by atoms with Crippen molar-refractivity contribution in [3.63, 3.8) is 0 Å². The second-order valence-electron chi connectivity index (χ2n) is 5.85. The van der Waals surface area contributed by atoms with Gasteiger partial charge in [0.1, 0.15) is 11.9 Å². The van der Waals surface area contributed by atoms with Gasteiger partial charge in [-0.25, -0.2) is 0 Å². The summed E-state index contributed by atoms with van der Waals surface area (Å²) in [4.78, 5) is 0. The van der Waals surface area contributed by atoms with Crippen molar-refractivity contribution in [1.82, 2.24) is 0 Å². The minimum atomic E-state index is -0.593. The van der Waals surface area contributed by atoms with Crippen LogP contribution in [0.15, 0.2) is 42.5 Å². The fraction of sp³-hybridized carbons (Fsp3) is 0.294. The SMILES string of the molecule is CC1(C)COc2ccc(C(O)c3ccccc3I)cc21. The van der Waals surface area contributed by atoms with Crippen LogP contribution < -0.4 is 4.74 Å². The van der Waals surface area contributed by atoms with Crippen molar-refractivity contribution in [3.8, 4) is 5.75 Å². The molecule has 3 heteroatoms. The highest BCUT2D eigenvalue weighted by atomic mass is 127. The summed E-state index contributed by atoms with van der Waals surface area (Å²) in [6, 6.07) is 13.9. The lowest BCUT2D eigenvalue weighted by Crippen LogP contribution is -2.18. The first-order valence-electron chi connectivity index (χ1n) is 6.69. The van der Waals surface area contributed by atoms with E-state index in [2.05, 4.69) is 42.5 Å². The molecule has 1 N–H and O–H groups in total. The van der Waals surface area contributed by atoms with E-state index >= 15 is 0 Å². The van der Waals surface area contributed by atoms with Crippen LogP contribution in [-0.4, -0.2) is 11.7 Å². The molecule has 2 aromatic rings. The Morgan fingerprint density at radius 2 is 1.95 bits per heavy atom. The van der Waals surface area contributed by atoms with Gasteiger partial charge >= 0.3 is 0 Å². The number of hydrogen-bond donors (Lipinski definition) is 1. The lowest BCUT2D eigenvalue weighted by Gasteiger charge is -2.18.